The van der Waals surface area contributed by atoms with Crippen LogP contribution in [0.1, 0.15) is 28.1 Å². The summed E-state index contributed by atoms with van der Waals surface area (Å²) in [6.07, 6.45) is 3.93. The Kier molecular flexibility index (Phi) is 6.05. The molecule has 1 N–H and O–H groups in total. The molecule has 1 saturated heterocycles. The van der Waals surface area contributed by atoms with Gasteiger partial charge in [-0.3, -0.25) is 0 Å². The zero-order valence-corrected chi connectivity index (χ0v) is 16.4. The minimum atomic E-state index is -0.903. The van der Waals surface area contributed by atoms with E-state index in [1.807, 2.05) is 14.0 Å². The minimum absolute atomic E-state index is 0.346. The second-order valence-corrected chi connectivity index (χ2v) is 7.92. The fourth-order valence-corrected chi connectivity index (χ4v) is 4.73. The Labute approximate surface area is 157 Å². The normalized spacial score (nSPS) is 18.3. The fourth-order valence-electron chi connectivity index (χ4n) is 3.74. The zero-order valence-electron chi connectivity index (χ0n) is 15.6. The van der Waals surface area contributed by atoms with Gasteiger partial charge in [0.1, 0.15) is 21.9 Å². The molecule has 0 amide bonds. The third-order valence-corrected chi connectivity index (χ3v) is 6.20. The Morgan fingerprint density at radius 3 is 3.04 bits per heavy atom. The van der Waals surface area contributed by atoms with Crippen molar-refractivity contribution in [3.63, 3.8) is 0 Å². The first-order valence-electron chi connectivity index (χ1n) is 8.91. The maximum atomic E-state index is 11.4. The molecule has 8 heteroatoms. The highest BCUT2D eigenvalue weighted by molar-refractivity contribution is 7.20. The number of thiophene rings is 1. The van der Waals surface area contributed by atoms with Gasteiger partial charge in [-0.05, 0) is 37.8 Å². The van der Waals surface area contributed by atoms with Crippen molar-refractivity contribution < 1.29 is 14.6 Å². The number of carbonyl (C=O) groups is 1. The lowest BCUT2D eigenvalue weighted by Crippen LogP contribution is -2.41. The first-order valence-corrected chi connectivity index (χ1v) is 9.72. The van der Waals surface area contributed by atoms with Gasteiger partial charge in [-0.2, -0.15) is 0 Å². The Hall–Kier alpha value is -1.77. The molecule has 1 fully saturated rings. The van der Waals surface area contributed by atoms with E-state index in [1.54, 1.807) is 7.11 Å². The monoisotopic (exact) mass is 378 g/mol. The SMILES string of the molecule is COCCN1CCCC(CN(C)c2ncnc3sc(C(=O)O)c(C)c23)C1. The molecule has 0 spiro atoms. The molecule has 0 bridgehead atoms. The molecular formula is C18H26N4O3S. The van der Waals surface area contributed by atoms with E-state index in [-0.39, 0.29) is 0 Å². The summed E-state index contributed by atoms with van der Waals surface area (Å²) in [4.78, 5) is 25.9. The van der Waals surface area contributed by atoms with E-state index >= 15 is 0 Å². The van der Waals surface area contributed by atoms with Crippen LogP contribution in [0.3, 0.4) is 0 Å². The highest BCUT2D eigenvalue weighted by Crippen LogP contribution is 2.35. The minimum Gasteiger partial charge on any atom is -0.477 e. The van der Waals surface area contributed by atoms with Crippen molar-refractivity contribution in [2.24, 2.45) is 5.92 Å². The number of aryl methyl sites for hydroxylation is 1. The number of fused-ring (bicyclic) bond motifs is 1. The van der Waals surface area contributed by atoms with Crippen LogP contribution in [0.5, 0.6) is 0 Å². The summed E-state index contributed by atoms with van der Waals surface area (Å²) < 4.78 is 5.20. The molecule has 0 aromatic carbocycles. The zero-order chi connectivity index (χ0) is 18.7. The summed E-state index contributed by atoms with van der Waals surface area (Å²) in [6, 6.07) is 0. The number of nitrogens with zero attached hydrogens (tertiary/aromatic N) is 4. The van der Waals surface area contributed by atoms with Crippen molar-refractivity contribution in [2.45, 2.75) is 19.8 Å². The summed E-state index contributed by atoms with van der Waals surface area (Å²) >= 11 is 1.22. The first-order chi connectivity index (χ1) is 12.5. The number of hydrogen-bond acceptors (Lipinski definition) is 7. The number of aromatic carboxylic acids is 1. The number of carboxylic acids is 1. The highest BCUT2D eigenvalue weighted by Gasteiger charge is 2.24. The smallest absolute Gasteiger partial charge is 0.346 e. The fraction of sp³-hybridized carbons (Fsp3) is 0.611. The van der Waals surface area contributed by atoms with Crippen LogP contribution < -0.4 is 4.90 Å². The second kappa shape index (κ2) is 8.28. The van der Waals surface area contributed by atoms with Crippen LogP contribution in [0.25, 0.3) is 10.2 Å². The van der Waals surface area contributed by atoms with Crippen LogP contribution in [0.4, 0.5) is 5.82 Å². The number of rotatable bonds is 7. The van der Waals surface area contributed by atoms with Gasteiger partial charge >= 0.3 is 5.97 Å². The van der Waals surface area contributed by atoms with Crippen LogP contribution in [0.15, 0.2) is 6.33 Å². The van der Waals surface area contributed by atoms with Gasteiger partial charge in [0.25, 0.3) is 0 Å². The van der Waals surface area contributed by atoms with Crippen molar-refractivity contribution in [1.29, 1.82) is 0 Å². The largest absolute Gasteiger partial charge is 0.477 e. The molecule has 2 aromatic rings. The quantitative estimate of drug-likeness (QED) is 0.793. The molecule has 26 heavy (non-hydrogen) atoms. The van der Waals surface area contributed by atoms with E-state index in [9.17, 15) is 9.90 Å². The number of anilines is 1. The number of piperidine rings is 1. The van der Waals surface area contributed by atoms with E-state index in [0.29, 0.717) is 10.8 Å². The maximum absolute atomic E-state index is 11.4. The summed E-state index contributed by atoms with van der Waals surface area (Å²) in [7, 11) is 3.78. The number of methoxy groups -OCH3 is 1. The second-order valence-electron chi connectivity index (χ2n) is 6.92. The van der Waals surface area contributed by atoms with Gasteiger partial charge < -0.3 is 19.6 Å². The van der Waals surface area contributed by atoms with Crippen molar-refractivity contribution in [3.05, 3.63) is 16.8 Å². The molecule has 1 aliphatic rings. The summed E-state index contributed by atoms with van der Waals surface area (Å²) in [6.45, 7) is 6.67. The summed E-state index contributed by atoms with van der Waals surface area (Å²) in [5.74, 6) is 0.485. The Morgan fingerprint density at radius 2 is 2.31 bits per heavy atom. The lowest BCUT2D eigenvalue weighted by molar-refractivity contribution is 0.0701. The van der Waals surface area contributed by atoms with E-state index in [1.165, 1.54) is 30.5 Å². The lowest BCUT2D eigenvalue weighted by atomic mass is 9.97. The number of carboxylic acid groups (broad SMARTS) is 1. The summed E-state index contributed by atoms with van der Waals surface area (Å²) in [5, 5.41) is 10.3. The van der Waals surface area contributed by atoms with Gasteiger partial charge in [0.2, 0.25) is 0 Å². The van der Waals surface area contributed by atoms with Gasteiger partial charge in [-0.1, -0.05) is 0 Å². The summed E-state index contributed by atoms with van der Waals surface area (Å²) in [5.41, 5.74) is 0.755. The number of aromatic nitrogens is 2. The van der Waals surface area contributed by atoms with E-state index < -0.39 is 5.97 Å². The number of likely N-dealkylation sites (tertiary alicyclic amines) is 1. The average molecular weight is 378 g/mol. The topological polar surface area (TPSA) is 78.8 Å². The molecule has 1 aliphatic heterocycles. The van der Waals surface area contributed by atoms with Gasteiger partial charge in [0.05, 0.1) is 12.0 Å². The van der Waals surface area contributed by atoms with E-state index in [4.69, 9.17) is 4.74 Å². The Bertz CT molecular complexity index is 779. The van der Waals surface area contributed by atoms with Crippen LogP contribution in [0, 0.1) is 12.8 Å². The molecule has 2 aromatic heterocycles. The van der Waals surface area contributed by atoms with Crippen LogP contribution >= 0.6 is 11.3 Å². The van der Waals surface area contributed by atoms with Gasteiger partial charge in [0, 0.05) is 33.8 Å². The van der Waals surface area contributed by atoms with Gasteiger partial charge in [-0.15, -0.1) is 11.3 Å². The molecule has 7 nitrogen and oxygen atoms in total. The maximum Gasteiger partial charge on any atom is 0.346 e. The van der Waals surface area contributed by atoms with Crippen molar-refractivity contribution >= 4 is 33.3 Å². The average Bonchev–Trinajstić information content (AvgIpc) is 2.97. The number of hydrogen-bond donors (Lipinski definition) is 1. The van der Waals surface area contributed by atoms with Gasteiger partial charge in [-0.25, -0.2) is 14.8 Å². The standard InChI is InChI=1S/C18H26N4O3S/c1-12-14-16(19-11-20-17(14)26-15(12)18(23)24)21(2)9-13-5-4-6-22(10-13)7-8-25-3/h11,13H,4-10H2,1-3H3,(H,23,24). The molecule has 142 valence electrons. The van der Waals surface area contributed by atoms with Crippen molar-refractivity contribution in [2.75, 3.05) is 51.8 Å². The lowest BCUT2D eigenvalue weighted by Gasteiger charge is -2.35. The molecule has 0 aliphatic carbocycles. The van der Waals surface area contributed by atoms with Crippen LogP contribution in [0.2, 0.25) is 0 Å². The third kappa shape index (κ3) is 3.97. The van der Waals surface area contributed by atoms with Crippen LogP contribution in [-0.2, 0) is 4.74 Å². The first kappa shape index (κ1) is 19.0. The molecule has 3 rings (SSSR count). The number of ether oxygens (including phenoxy) is 1. The molecular weight excluding hydrogens is 352 g/mol. The Balaban J connectivity index is 1.77. The van der Waals surface area contributed by atoms with E-state index in [0.717, 1.165) is 54.4 Å². The predicted octanol–water partition coefficient (Wildman–Crippen LogP) is 2.49. The Morgan fingerprint density at radius 1 is 1.50 bits per heavy atom. The molecule has 1 unspecified atom stereocenters. The van der Waals surface area contributed by atoms with Crippen LogP contribution in [-0.4, -0.2) is 72.9 Å². The molecule has 1 atom stereocenters. The predicted molar refractivity (Wildman–Crippen MR) is 103 cm³/mol. The molecule has 0 saturated carbocycles. The highest BCUT2D eigenvalue weighted by atomic mass is 32.1. The van der Waals surface area contributed by atoms with Gasteiger partial charge in [0.15, 0.2) is 0 Å². The third-order valence-electron chi connectivity index (χ3n) is 5.01. The molecule has 3 heterocycles. The van der Waals surface area contributed by atoms with E-state index in [2.05, 4.69) is 19.8 Å². The molecule has 0 radical (unpaired) electrons. The van der Waals surface area contributed by atoms with Crippen molar-refractivity contribution in [1.82, 2.24) is 14.9 Å². The van der Waals surface area contributed by atoms with Crippen molar-refractivity contribution in [3.8, 4) is 0 Å².